The monoisotopic (exact) mass is 480 g/mol. The third-order valence-corrected chi connectivity index (χ3v) is 6.16. The predicted octanol–water partition coefficient (Wildman–Crippen LogP) is 4.37. The van der Waals surface area contributed by atoms with Crippen LogP contribution in [0.4, 0.5) is 0 Å². The van der Waals surface area contributed by atoms with Gasteiger partial charge < -0.3 is 16.4 Å². The fourth-order valence-electron chi connectivity index (χ4n) is 3.05. The third kappa shape index (κ3) is 7.49. The van der Waals surface area contributed by atoms with Crippen molar-refractivity contribution in [1.29, 1.82) is 0 Å². The first kappa shape index (κ1) is 24.6. The average molecular weight is 481 g/mol. The maximum atomic E-state index is 13.3. The highest BCUT2D eigenvalue weighted by Gasteiger charge is 2.21. The van der Waals surface area contributed by atoms with E-state index < -0.39 is 0 Å². The molecule has 0 aliphatic rings. The number of hydrogen-bond donors (Lipinski definition) is 3. The minimum absolute atomic E-state index is 0.213. The van der Waals surface area contributed by atoms with E-state index in [2.05, 4.69) is 16.4 Å². The van der Waals surface area contributed by atoms with Gasteiger partial charge >= 0.3 is 0 Å². The van der Waals surface area contributed by atoms with Gasteiger partial charge in [0.2, 0.25) is 0 Å². The molecule has 5 nitrogen and oxygen atoms in total. The minimum Gasteiger partial charge on any atom is -0.358 e. The summed E-state index contributed by atoms with van der Waals surface area (Å²) in [7, 11) is 0. The molecule has 0 fully saturated rings. The fraction of sp³-hybridized carbons (Fsp3) is 0.154. The lowest BCUT2D eigenvalue weighted by Gasteiger charge is -2.17. The highest BCUT2D eigenvalue weighted by Crippen LogP contribution is 2.36. The van der Waals surface area contributed by atoms with Gasteiger partial charge in [-0.25, -0.2) is 0 Å². The lowest BCUT2D eigenvalue weighted by molar-refractivity contribution is -0.368. The van der Waals surface area contributed by atoms with Gasteiger partial charge in [-0.05, 0) is 54.8 Å². The van der Waals surface area contributed by atoms with Crippen LogP contribution in [0.15, 0.2) is 95.5 Å². The molecule has 7 heteroatoms. The molecular formula is C26H27ClN3O2S+. The standard InChI is InChI=1S/C26H26ClN3O2S/c27-21-13-15-22(16-14-21)33-24(19-9-3-1-4-10-19)23(26(32)29-18-8-7-17-28)30-25(31)20-11-5-2-6-12-20/h1-6,9-16H,7-8,17-18,28H2,(H,29,32)(H,30,31)/p+1/b24-23+. The molecule has 0 aliphatic heterocycles. The van der Waals surface area contributed by atoms with Crippen molar-refractivity contribution < 1.29 is 15.3 Å². The third-order valence-electron chi connectivity index (χ3n) is 4.76. The van der Waals surface area contributed by atoms with E-state index in [-0.39, 0.29) is 17.5 Å². The zero-order chi connectivity index (χ0) is 23.5. The summed E-state index contributed by atoms with van der Waals surface area (Å²) in [6, 6.07) is 25.8. The second kappa shape index (κ2) is 12.8. The Bertz CT molecular complexity index is 1090. The minimum atomic E-state index is -0.344. The Balaban J connectivity index is 2.02. The van der Waals surface area contributed by atoms with Gasteiger partial charge in [-0.2, -0.15) is 0 Å². The molecule has 0 unspecified atom stereocenters. The summed E-state index contributed by atoms with van der Waals surface area (Å²) in [5.74, 6) is -0.674. The van der Waals surface area contributed by atoms with Crippen molar-refractivity contribution in [3.63, 3.8) is 0 Å². The van der Waals surface area contributed by atoms with Crippen LogP contribution in [0.1, 0.15) is 28.8 Å². The van der Waals surface area contributed by atoms with Gasteiger partial charge in [0.1, 0.15) is 5.70 Å². The van der Waals surface area contributed by atoms with Crippen molar-refractivity contribution in [2.24, 2.45) is 0 Å². The second-order valence-corrected chi connectivity index (χ2v) is 8.78. The highest BCUT2D eigenvalue weighted by atomic mass is 35.5. The van der Waals surface area contributed by atoms with E-state index >= 15 is 0 Å². The van der Waals surface area contributed by atoms with Gasteiger partial charge in [-0.15, -0.1) is 0 Å². The number of carbonyl (C=O) groups is 2. The summed E-state index contributed by atoms with van der Waals surface area (Å²) in [4.78, 5) is 27.9. The van der Waals surface area contributed by atoms with E-state index in [1.165, 1.54) is 11.8 Å². The molecule has 3 aromatic rings. The van der Waals surface area contributed by atoms with Crippen LogP contribution in [0.25, 0.3) is 4.91 Å². The lowest BCUT2D eigenvalue weighted by atomic mass is 10.1. The van der Waals surface area contributed by atoms with Crippen molar-refractivity contribution in [2.75, 3.05) is 13.1 Å². The van der Waals surface area contributed by atoms with E-state index in [4.69, 9.17) is 11.6 Å². The number of amides is 2. The van der Waals surface area contributed by atoms with Gasteiger partial charge in [-0.3, -0.25) is 9.59 Å². The molecule has 0 aliphatic carbocycles. The van der Waals surface area contributed by atoms with Crippen molar-refractivity contribution >= 4 is 40.1 Å². The average Bonchev–Trinajstić information content (AvgIpc) is 2.86. The first-order valence-electron chi connectivity index (χ1n) is 10.8. The summed E-state index contributed by atoms with van der Waals surface area (Å²) in [6.45, 7) is 1.32. The van der Waals surface area contributed by atoms with Crippen LogP contribution in [-0.4, -0.2) is 24.9 Å². The molecule has 0 spiro atoms. The molecular weight excluding hydrogens is 454 g/mol. The Labute approximate surface area is 203 Å². The van der Waals surface area contributed by atoms with Crippen molar-refractivity contribution in [3.05, 3.63) is 107 Å². The number of quaternary nitrogens is 1. The van der Waals surface area contributed by atoms with E-state index in [9.17, 15) is 9.59 Å². The molecule has 3 aromatic carbocycles. The largest absolute Gasteiger partial charge is 0.358 e. The first-order valence-corrected chi connectivity index (χ1v) is 11.9. The number of hydrogen-bond acceptors (Lipinski definition) is 3. The zero-order valence-electron chi connectivity index (χ0n) is 18.2. The molecule has 33 heavy (non-hydrogen) atoms. The number of thioether (sulfide) groups is 1. The van der Waals surface area contributed by atoms with Gasteiger partial charge in [0.25, 0.3) is 11.8 Å². The van der Waals surface area contributed by atoms with Crippen LogP contribution in [-0.2, 0) is 4.79 Å². The van der Waals surface area contributed by atoms with Gasteiger partial charge in [-0.1, -0.05) is 71.9 Å². The number of halogens is 1. The predicted molar refractivity (Wildman–Crippen MR) is 135 cm³/mol. The smallest absolute Gasteiger partial charge is 0.269 e. The normalized spacial score (nSPS) is 11.5. The van der Waals surface area contributed by atoms with E-state index in [1.54, 1.807) is 36.4 Å². The quantitative estimate of drug-likeness (QED) is 0.229. The first-order chi connectivity index (χ1) is 16.1. The van der Waals surface area contributed by atoms with Crippen molar-refractivity contribution in [1.82, 2.24) is 10.6 Å². The van der Waals surface area contributed by atoms with Gasteiger partial charge in [0.15, 0.2) is 0 Å². The molecule has 0 bridgehead atoms. The Hall–Kier alpha value is -3.06. The second-order valence-electron chi connectivity index (χ2n) is 7.26. The lowest BCUT2D eigenvalue weighted by Crippen LogP contribution is -2.50. The van der Waals surface area contributed by atoms with E-state index in [0.717, 1.165) is 29.8 Å². The van der Waals surface area contributed by atoms with Crippen LogP contribution in [0, 0.1) is 0 Å². The molecule has 170 valence electrons. The maximum absolute atomic E-state index is 13.3. The van der Waals surface area contributed by atoms with Crippen molar-refractivity contribution in [2.45, 2.75) is 17.7 Å². The SMILES string of the molecule is [NH3+]CCCCNC(=O)/C(NC(=O)c1ccccc1)=C(\Sc1ccc(Cl)cc1)c1ccccc1. The highest BCUT2D eigenvalue weighted by molar-refractivity contribution is 8.08. The number of rotatable bonds is 10. The number of benzene rings is 3. The van der Waals surface area contributed by atoms with Crippen LogP contribution in [0.2, 0.25) is 5.02 Å². The van der Waals surface area contributed by atoms with E-state index in [0.29, 0.717) is 22.0 Å². The molecule has 0 aromatic heterocycles. The molecule has 0 saturated heterocycles. The number of unbranched alkanes of at least 4 members (excludes halogenated alkanes) is 1. The summed E-state index contributed by atoms with van der Waals surface area (Å²) in [5.41, 5.74) is 5.36. The number of carbonyl (C=O) groups excluding carboxylic acids is 2. The molecule has 0 radical (unpaired) electrons. The van der Waals surface area contributed by atoms with Crippen LogP contribution in [0.3, 0.4) is 0 Å². The Morgan fingerprint density at radius 2 is 1.42 bits per heavy atom. The zero-order valence-corrected chi connectivity index (χ0v) is 19.8. The summed E-state index contributed by atoms with van der Waals surface area (Å²) in [6.07, 6.45) is 1.74. The number of nitrogens with one attached hydrogen (secondary N) is 2. The van der Waals surface area contributed by atoms with Gasteiger partial charge in [0, 0.05) is 26.9 Å². The Kier molecular flexibility index (Phi) is 9.57. The summed E-state index contributed by atoms with van der Waals surface area (Å²) >= 11 is 7.45. The maximum Gasteiger partial charge on any atom is 0.269 e. The Morgan fingerprint density at radius 1 is 0.818 bits per heavy atom. The van der Waals surface area contributed by atoms with Crippen molar-refractivity contribution in [3.8, 4) is 0 Å². The molecule has 3 rings (SSSR count). The molecule has 0 saturated carbocycles. The van der Waals surface area contributed by atoms with Crippen LogP contribution in [0.5, 0.6) is 0 Å². The topological polar surface area (TPSA) is 85.8 Å². The van der Waals surface area contributed by atoms with E-state index in [1.807, 2.05) is 48.5 Å². The van der Waals surface area contributed by atoms with Gasteiger partial charge in [0.05, 0.1) is 6.54 Å². The molecule has 0 atom stereocenters. The fourth-order valence-corrected chi connectivity index (χ4v) is 4.18. The Morgan fingerprint density at radius 3 is 2.03 bits per heavy atom. The van der Waals surface area contributed by atoms with Crippen LogP contribution < -0.4 is 16.4 Å². The van der Waals surface area contributed by atoms with Crippen LogP contribution >= 0.6 is 23.4 Å². The molecule has 5 N–H and O–H groups in total. The summed E-state index contributed by atoms with van der Waals surface area (Å²) < 4.78 is 0. The molecule has 0 heterocycles. The molecule has 2 amide bonds. The summed E-state index contributed by atoms with van der Waals surface area (Å²) in [5, 5.41) is 6.45.